The first-order valence-electron chi connectivity index (χ1n) is 6.09. The van der Waals surface area contributed by atoms with Gasteiger partial charge in [0.15, 0.2) is 5.13 Å². The SMILES string of the molecule is CC1(C)CN(c2nc(CC(=O)O)cs2)CC(CO)O1. The van der Waals surface area contributed by atoms with E-state index in [1.54, 1.807) is 5.38 Å². The maximum absolute atomic E-state index is 10.7. The van der Waals surface area contributed by atoms with Crippen molar-refractivity contribution in [2.45, 2.75) is 32.0 Å². The van der Waals surface area contributed by atoms with E-state index in [9.17, 15) is 9.90 Å². The van der Waals surface area contributed by atoms with E-state index in [-0.39, 0.29) is 24.7 Å². The van der Waals surface area contributed by atoms with Gasteiger partial charge < -0.3 is 19.8 Å². The first-order chi connectivity index (χ1) is 8.89. The van der Waals surface area contributed by atoms with Gasteiger partial charge in [-0.15, -0.1) is 11.3 Å². The number of aromatic nitrogens is 1. The van der Waals surface area contributed by atoms with Crippen LogP contribution >= 0.6 is 11.3 Å². The van der Waals surface area contributed by atoms with E-state index in [0.29, 0.717) is 18.8 Å². The fraction of sp³-hybridized carbons (Fsp3) is 0.667. The minimum Gasteiger partial charge on any atom is -0.481 e. The monoisotopic (exact) mass is 286 g/mol. The summed E-state index contributed by atoms with van der Waals surface area (Å²) >= 11 is 1.43. The van der Waals surface area contributed by atoms with Crippen molar-refractivity contribution in [2.24, 2.45) is 0 Å². The number of ether oxygens (including phenoxy) is 1. The Morgan fingerprint density at radius 3 is 3.05 bits per heavy atom. The van der Waals surface area contributed by atoms with Gasteiger partial charge in [-0.05, 0) is 13.8 Å². The third-order valence-corrected chi connectivity index (χ3v) is 3.78. The van der Waals surface area contributed by atoms with Crippen molar-refractivity contribution in [3.8, 4) is 0 Å². The lowest BCUT2D eigenvalue weighted by atomic mass is 10.1. The van der Waals surface area contributed by atoms with Crippen LogP contribution in [0.4, 0.5) is 5.13 Å². The third kappa shape index (κ3) is 3.65. The van der Waals surface area contributed by atoms with Crippen LogP contribution in [0.15, 0.2) is 5.38 Å². The second-order valence-corrected chi connectivity index (χ2v) is 6.09. The van der Waals surface area contributed by atoms with Crippen molar-refractivity contribution in [1.82, 2.24) is 4.98 Å². The molecule has 0 aliphatic carbocycles. The lowest BCUT2D eigenvalue weighted by Gasteiger charge is -2.42. The molecule has 0 amide bonds. The van der Waals surface area contributed by atoms with Crippen LogP contribution in [0, 0.1) is 0 Å². The van der Waals surface area contributed by atoms with Gasteiger partial charge in [-0.25, -0.2) is 4.98 Å². The summed E-state index contributed by atoms with van der Waals surface area (Å²) in [7, 11) is 0. The van der Waals surface area contributed by atoms with Gasteiger partial charge in [0.2, 0.25) is 0 Å². The van der Waals surface area contributed by atoms with E-state index in [0.717, 1.165) is 5.13 Å². The molecule has 106 valence electrons. The molecule has 0 saturated carbocycles. The minimum absolute atomic E-state index is 0.0344. The van der Waals surface area contributed by atoms with Crippen molar-refractivity contribution in [3.05, 3.63) is 11.1 Å². The van der Waals surface area contributed by atoms with Gasteiger partial charge >= 0.3 is 5.97 Å². The molecule has 2 heterocycles. The molecule has 1 aliphatic rings. The predicted molar refractivity (Wildman–Crippen MR) is 71.7 cm³/mol. The molecule has 1 atom stereocenters. The molecule has 0 radical (unpaired) electrons. The van der Waals surface area contributed by atoms with Gasteiger partial charge in [-0.1, -0.05) is 0 Å². The van der Waals surface area contributed by atoms with Gasteiger partial charge in [0.05, 0.1) is 30.4 Å². The summed E-state index contributed by atoms with van der Waals surface area (Å²) < 4.78 is 5.74. The molecule has 0 bridgehead atoms. The first kappa shape index (κ1) is 14.2. The van der Waals surface area contributed by atoms with E-state index in [1.165, 1.54) is 11.3 Å². The molecule has 1 aromatic rings. The van der Waals surface area contributed by atoms with E-state index >= 15 is 0 Å². The summed E-state index contributed by atoms with van der Waals surface area (Å²) in [6, 6.07) is 0. The number of rotatable bonds is 4. The minimum atomic E-state index is -0.882. The van der Waals surface area contributed by atoms with Gasteiger partial charge in [0.25, 0.3) is 0 Å². The van der Waals surface area contributed by atoms with Gasteiger partial charge in [0, 0.05) is 18.5 Å². The fourth-order valence-corrected chi connectivity index (χ4v) is 3.05. The molecular weight excluding hydrogens is 268 g/mol. The van der Waals surface area contributed by atoms with Gasteiger partial charge in [-0.2, -0.15) is 0 Å². The zero-order chi connectivity index (χ0) is 14.0. The second-order valence-electron chi connectivity index (χ2n) is 5.25. The third-order valence-electron chi connectivity index (χ3n) is 2.83. The zero-order valence-corrected chi connectivity index (χ0v) is 11.8. The summed E-state index contributed by atoms with van der Waals surface area (Å²) in [5, 5.41) is 20.6. The molecule has 1 unspecified atom stereocenters. The van der Waals surface area contributed by atoms with Crippen LogP contribution in [-0.2, 0) is 16.0 Å². The molecule has 1 aromatic heterocycles. The van der Waals surface area contributed by atoms with E-state index in [2.05, 4.69) is 4.98 Å². The summed E-state index contributed by atoms with van der Waals surface area (Å²) in [5.41, 5.74) is 0.210. The number of morpholine rings is 1. The van der Waals surface area contributed by atoms with Crippen LogP contribution in [0.1, 0.15) is 19.5 Å². The number of anilines is 1. The quantitative estimate of drug-likeness (QED) is 0.850. The van der Waals surface area contributed by atoms with Crippen molar-refractivity contribution in [3.63, 3.8) is 0 Å². The van der Waals surface area contributed by atoms with Crippen molar-refractivity contribution in [1.29, 1.82) is 0 Å². The van der Waals surface area contributed by atoms with Crippen molar-refractivity contribution in [2.75, 3.05) is 24.6 Å². The Balaban J connectivity index is 2.11. The lowest BCUT2D eigenvalue weighted by Crippen LogP contribution is -2.54. The molecule has 1 saturated heterocycles. The molecule has 19 heavy (non-hydrogen) atoms. The lowest BCUT2D eigenvalue weighted by molar-refractivity contribution is -0.136. The molecule has 2 rings (SSSR count). The first-order valence-corrected chi connectivity index (χ1v) is 6.97. The highest BCUT2D eigenvalue weighted by Gasteiger charge is 2.34. The highest BCUT2D eigenvalue weighted by atomic mass is 32.1. The normalized spacial score (nSPS) is 22.5. The average molecular weight is 286 g/mol. The second kappa shape index (κ2) is 5.44. The topological polar surface area (TPSA) is 82.9 Å². The largest absolute Gasteiger partial charge is 0.481 e. The highest BCUT2D eigenvalue weighted by Crippen LogP contribution is 2.28. The maximum atomic E-state index is 10.7. The fourth-order valence-electron chi connectivity index (χ4n) is 2.21. The zero-order valence-electron chi connectivity index (χ0n) is 11.0. The number of aliphatic hydroxyl groups is 1. The molecule has 7 heteroatoms. The molecule has 2 N–H and O–H groups in total. The van der Waals surface area contributed by atoms with E-state index < -0.39 is 5.97 Å². The van der Waals surface area contributed by atoms with Crippen LogP contribution in [0.25, 0.3) is 0 Å². The predicted octanol–water partition coefficient (Wildman–Crippen LogP) is 0.746. The Kier molecular flexibility index (Phi) is 4.07. The van der Waals surface area contributed by atoms with Crippen LogP contribution < -0.4 is 4.90 Å². The highest BCUT2D eigenvalue weighted by molar-refractivity contribution is 7.13. The molecule has 1 fully saturated rings. The Morgan fingerprint density at radius 2 is 2.42 bits per heavy atom. The number of aliphatic hydroxyl groups excluding tert-OH is 1. The smallest absolute Gasteiger partial charge is 0.309 e. The maximum Gasteiger partial charge on any atom is 0.309 e. The molecule has 0 spiro atoms. The molecule has 0 aromatic carbocycles. The van der Waals surface area contributed by atoms with Gasteiger partial charge in [-0.3, -0.25) is 4.79 Å². The van der Waals surface area contributed by atoms with Crippen LogP contribution in [0.2, 0.25) is 0 Å². The molecule has 6 nitrogen and oxygen atoms in total. The summed E-state index contributed by atoms with van der Waals surface area (Å²) in [6.45, 7) is 5.14. The number of aliphatic carboxylic acids is 1. The number of hydrogen-bond donors (Lipinski definition) is 2. The van der Waals surface area contributed by atoms with E-state index in [4.69, 9.17) is 9.84 Å². The number of carbonyl (C=O) groups is 1. The number of hydrogen-bond acceptors (Lipinski definition) is 6. The standard InChI is InChI=1S/C12H18N2O4S/c1-12(2)7-14(4-9(5-15)18-12)11-13-8(6-19-11)3-10(16)17/h6,9,15H,3-5,7H2,1-2H3,(H,16,17). The number of thiazole rings is 1. The Labute approximate surface area is 115 Å². The molecule has 1 aliphatic heterocycles. The Morgan fingerprint density at radius 1 is 1.68 bits per heavy atom. The van der Waals surface area contributed by atoms with E-state index in [1.807, 2.05) is 18.7 Å². The Bertz CT molecular complexity index is 460. The van der Waals surface area contributed by atoms with Crippen molar-refractivity contribution < 1.29 is 19.7 Å². The summed E-state index contributed by atoms with van der Waals surface area (Å²) in [6.07, 6.45) is -0.302. The van der Waals surface area contributed by atoms with Crippen LogP contribution in [0.3, 0.4) is 0 Å². The summed E-state index contributed by atoms with van der Waals surface area (Å²) in [5.74, 6) is -0.882. The van der Waals surface area contributed by atoms with Crippen LogP contribution in [-0.4, -0.2) is 52.6 Å². The average Bonchev–Trinajstić information content (AvgIpc) is 2.74. The number of carboxylic acid groups (broad SMARTS) is 1. The van der Waals surface area contributed by atoms with Gasteiger partial charge in [0.1, 0.15) is 0 Å². The number of nitrogens with zero attached hydrogens (tertiary/aromatic N) is 2. The molecular formula is C12H18N2O4S. The summed E-state index contributed by atoms with van der Waals surface area (Å²) in [4.78, 5) is 17.0. The van der Waals surface area contributed by atoms with Crippen LogP contribution in [0.5, 0.6) is 0 Å². The van der Waals surface area contributed by atoms with Crippen molar-refractivity contribution >= 4 is 22.4 Å². The Hall–Kier alpha value is -1.18. The number of carboxylic acids is 1.